The van der Waals surface area contributed by atoms with Crippen LogP contribution in [0, 0.1) is 0 Å². The fraction of sp³-hybridized carbons (Fsp3) is 0.167. The maximum Gasteiger partial charge on any atom is 0.185 e. The molecule has 0 aliphatic heterocycles. The highest BCUT2D eigenvalue weighted by molar-refractivity contribution is 7.10. The summed E-state index contributed by atoms with van der Waals surface area (Å²) in [4.78, 5) is 13.7. The monoisotopic (exact) mass is 280 g/mol. The van der Waals surface area contributed by atoms with Gasteiger partial charge >= 0.3 is 0 Å². The molecular weight excluding hydrogens is 264 g/mol. The van der Waals surface area contributed by atoms with Crippen LogP contribution in [-0.2, 0) is 4.79 Å². The van der Waals surface area contributed by atoms with Gasteiger partial charge in [0.05, 0.1) is 0 Å². The lowest BCUT2D eigenvalue weighted by Gasteiger charge is -2.16. The van der Waals surface area contributed by atoms with Crippen molar-refractivity contribution >= 4 is 29.3 Å². The molecule has 1 saturated carbocycles. The maximum atomic E-state index is 12.5. The molecule has 0 atom stereocenters. The Hall–Kier alpha value is -1.93. The van der Waals surface area contributed by atoms with E-state index < -0.39 is 0 Å². The molecule has 1 aromatic carbocycles. The van der Waals surface area contributed by atoms with Crippen molar-refractivity contribution in [3.8, 4) is 0 Å². The summed E-state index contributed by atoms with van der Waals surface area (Å²) in [5.41, 5.74) is 2.99. The van der Waals surface area contributed by atoms with Crippen molar-refractivity contribution in [3.63, 3.8) is 0 Å². The molecule has 0 bridgehead atoms. The maximum absolute atomic E-state index is 12.5. The lowest BCUT2D eigenvalue weighted by Crippen LogP contribution is -2.12. The zero-order chi connectivity index (χ0) is 13.8. The molecule has 0 N–H and O–H groups in total. The predicted molar refractivity (Wildman–Crippen MR) is 85.6 cm³/mol. The second kappa shape index (κ2) is 6.02. The molecule has 0 spiro atoms. The Morgan fingerprint density at radius 3 is 2.35 bits per heavy atom. The average molecular weight is 280 g/mol. The Bertz CT molecular complexity index is 648. The first-order chi connectivity index (χ1) is 9.83. The molecule has 1 nitrogen and oxygen atoms in total. The van der Waals surface area contributed by atoms with Crippen molar-refractivity contribution < 1.29 is 4.79 Å². The van der Waals surface area contributed by atoms with E-state index in [2.05, 4.69) is 6.07 Å². The van der Waals surface area contributed by atoms with Gasteiger partial charge in [-0.3, -0.25) is 4.79 Å². The highest BCUT2D eigenvalue weighted by atomic mass is 32.1. The van der Waals surface area contributed by atoms with Gasteiger partial charge in [-0.25, -0.2) is 0 Å². The molecule has 0 saturated heterocycles. The standard InChI is InChI=1S/C18H16OS/c19-18-15(12-14-6-2-1-3-7-14)8-4-9-16(18)13-17-10-5-11-20-17/h1-3,5-7,10-13H,4,8-9H2. The average Bonchev–Trinajstić information content (AvgIpc) is 2.97. The number of allylic oxidation sites excluding steroid dienone is 2. The summed E-state index contributed by atoms with van der Waals surface area (Å²) in [6.45, 7) is 0. The van der Waals surface area contributed by atoms with E-state index in [0.717, 1.165) is 40.8 Å². The van der Waals surface area contributed by atoms with Gasteiger partial charge in [0.15, 0.2) is 5.78 Å². The van der Waals surface area contributed by atoms with E-state index in [4.69, 9.17) is 0 Å². The molecule has 20 heavy (non-hydrogen) atoms. The molecule has 0 unspecified atom stereocenters. The third-order valence-corrected chi connectivity index (χ3v) is 4.29. The number of ketones is 1. The summed E-state index contributed by atoms with van der Waals surface area (Å²) in [5, 5.41) is 2.04. The summed E-state index contributed by atoms with van der Waals surface area (Å²) < 4.78 is 0. The number of hydrogen-bond donors (Lipinski definition) is 0. The van der Waals surface area contributed by atoms with Crippen LogP contribution < -0.4 is 0 Å². The first kappa shape index (κ1) is 13.1. The third-order valence-electron chi connectivity index (χ3n) is 3.48. The molecule has 3 rings (SSSR count). The van der Waals surface area contributed by atoms with Crippen molar-refractivity contribution in [1.29, 1.82) is 0 Å². The van der Waals surface area contributed by atoms with Crippen molar-refractivity contribution in [2.45, 2.75) is 19.3 Å². The lowest BCUT2D eigenvalue weighted by molar-refractivity contribution is -0.112. The zero-order valence-electron chi connectivity index (χ0n) is 11.2. The van der Waals surface area contributed by atoms with E-state index in [0.29, 0.717) is 0 Å². The fourth-order valence-electron chi connectivity index (χ4n) is 2.47. The molecular formula is C18H16OS. The Kier molecular flexibility index (Phi) is 3.93. The third kappa shape index (κ3) is 2.97. The highest BCUT2D eigenvalue weighted by Crippen LogP contribution is 2.28. The number of benzene rings is 1. The minimum atomic E-state index is 0.216. The summed E-state index contributed by atoms with van der Waals surface area (Å²) in [7, 11) is 0. The molecule has 1 aliphatic carbocycles. The van der Waals surface area contributed by atoms with Crippen LogP contribution in [-0.4, -0.2) is 5.78 Å². The number of carbonyl (C=O) groups excluding carboxylic acids is 1. The lowest BCUT2D eigenvalue weighted by atomic mass is 9.87. The molecule has 0 radical (unpaired) electrons. The Morgan fingerprint density at radius 1 is 0.900 bits per heavy atom. The Morgan fingerprint density at radius 2 is 1.65 bits per heavy atom. The summed E-state index contributed by atoms with van der Waals surface area (Å²) >= 11 is 1.68. The SMILES string of the molecule is O=C1C(=Cc2ccccc2)CCCC1=Cc1cccs1. The highest BCUT2D eigenvalue weighted by Gasteiger charge is 2.20. The van der Waals surface area contributed by atoms with E-state index in [1.54, 1.807) is 11.3 Å². The van der Waals surface area contributed by atoms with Crippen LogP contribution in [0.2, 0.25) is 0 Å². The van der Waals surface area contributed by atoms with Gasteiger partial charge in [-0.15, -0.1) is 11.3 Å². The van der Waals surface area contributed by atoms with Gasteiger partial charge in [0.2, 0.25) is 0 Å². The van der Waals surface area contributed by atoms with Crippen molar-refractivity contribution in [2.75, 3.05) is 0 Å². The first-order valence-electron chi connectivity index (χ1n) is 6.87. The molecule has 100 valence electrons. The minimum absolute atomic E-state index is 0.216. The van der Waals surface area contributed by atoms with Crippen LogP contribution in [0.5, 0.6) is 0 Å². The van der Waals surface area contributed by atoms with Crippen molar-refractivity contribution in [1.82, 2.24) is 0 Å². The van der Waals surface area contributed by atoms with Gasteiger partial charge in [-0.1, -0.05) is 36.4 Å². The van der Waals surface area contributed by atoms with Gasteiger partial charge in [-0.05, 0) is 48.4 Å². The number of carbonyl (C=O) groups is 1. The largest absolute Gasteiger partial charge is 0.289 e. The van der Waals surface area contributed by atoms with Crippen molar-refractivity contribution in [2.24, 2.45) is 0 Å². The molecule has 0 amide bonds. The van der Waals surface area contributed by atoms with Gasteiger partial charge in [0.1, 0.15) is 0 Å². The quantitative estimate of drug-likeness (QED) is 0.710. The number of hydrogen-bond acceptors (Lipinski definition) is 2. The summed E-state index contributed by atoms with van der Waals surface area (Å²) in [6, 6.07) is 14.2. The Balaban J connectivity index is 1.88. The minimum Gasteiger partial charge on any atom is -0.289 e. The molecule has 1 aliphatic rings. The Labute approximate surface area is 123 Å². The zero-order valence-corrected chi connectivity index (χ0v) is 12.0. The number of thiophene rings is 1. The van der Waals surface area contributed by atoms with E-state index in [1.165, 1.54) is 0 Å². The molecule has 1 aromatic heterocycles. The normalized spacial score (nSPS) is 19.7. The van der Waals surface area contributed by atoms with Crippen LogP contribution in [0.4, 0.5) is 0 Å². The van der Waals surface area contributed by atoms with Crippen molar-refractivity contribution in [3.05, 3.63) is 69.4 Å². The fourth-order valence-corrected chi connectivity index (χ4v) is 3.16. The molecule has 1 fully saturated rings. The second-order valence-electron chi connectivity index (χ2n) is 4.95. The second-order valence-corrected chi connectivity index (χ2v) is 5.93. The first-order valence-corrected chi connectivity index (χ1v) is 7.75. The predicted octanol–water partition coefficient (Wildman–Crippen LogP) is 4.97. The van der Waals surface area contributed by atoms with Crippen LogP contribution in [0.25, 0.3) is 12.2 Å². The summed E-state index contributed by atoms with van der Waals surface area (Å²) in [6.07, 6.45) is 6.91. The van der Waals surface area contributed by atoms with Crippen LogP contribution in [0.3, 0.4) is 0 Å². The molecule has 2 heteroatoms. The van der Waals surface area contributed by atoms with E-state index in [-0.39, 0.29) is 5.78 Å². The van der Waals surface area contributed by atoms with Crippen LogP contribution in [0.1, 0.15) is 29.7 Å². The van der Waals surface area contributed by atoms with Crippen LogP contribution >= 0.6 is 11.3 Å². The number of rotatable bonds is 2. The smallest absolute Gasteiger partial charge is 0.185 e. The van der Waals surface area contributed by atoms with E-state index in [9.17, 15) is 4.79 Å². The molecule has 1 heterocycles. The van der Waals surface area contributed by atoms with Gasteiger partial charge in [0, 0.05) is 16.0 Å². The van der Waals surface area contributed by atoms with Gasteiger partial charge in [0.25, 0.3) is 0 Å². The van der Waals surface area contributed by atoms with E-state index >= 15 is 0 Å². The topological polar surface area (TPSA) is 17.1 Å². The van der Waals surface area contributed by atoms with Gasteiger partial charge in [-0.2, -0.15) is 0 Å². The molecule has 2 aromatic rings. The number of Topliss-reactive ketones (excluding diaryl/α,β-unsaturated/α-hetero) is 1. The van der Waals surface area contributed by atoms with E-state index in [1.807, 2.05) is 53.9 Å². The van der Waals surface area contributed by atoms with Crippen LogP contribution in [0.15, 0.2) is 59.0 Å². The van der Waals surface area contributed by atoms with Gasteiger partial charge < -0.3 is 0 Å². The summed E-state index contributed by atoms with van der Waals surface area (Å²) in [5.74, 6) is 0.216.